The van der Waals surface area contributed by atoms with E-state index in [1.54, 1.807) is 24.3 Å². The molecule has 0 N–H and O–H groups in total. The van der Waals surface area contributed by atoms with Crippen LogP contribution in [0.5, 0.6) is 11.5 Å². The number of carboxylic acids is 2. The predicted octanol–water partition coefficient (Wildman–Crippen LogP) is 0.115. The van der Waals surface area contributed by atoms with Gasteiger partial charge in [0.25, 0.3) is 0 Å². The number of hydrogen-bond donors (Lipinski definition) is 0. The van der Waals surface area contributed by atoms with Gasteiger partial charge in [0, 0.05) is 0 Å². The average Bonchev–Trinajstić information content (AvgIpc) is 2.55. The van der Waals surface area contributed by atoms with Crippen molar-refractivity contribution in [1.82, 2.24) is 0 Å². The van der Waals surface area contributed by atoms with E-state index in [-0.39, 0.29) is 30.6 Å². The fourth-order valence-electron chi connectivity index (χ4n) is 1.45. The molecule has 0 heterocycles. The van der Waals surface area contributed by atoms with E-state index >= 15 is 0 Å². The van der Waals surface area contributed by atoms with Crippen LogP contribution < -0.4 is 19.7 Å². The SMILES string of the molecule is COc1ccc(C(=O)[O-])cc1.COc1ccc(C(=O)[O-])cc1.[Zn+2]. The van der Waals surface area contributed by atoms with Crippen molar-refractivity contribution in [2.75, 3.05) is 14.2 Å². The molecule has 0 aliphatic heterocycles. The van der Waals surface area contributed by atoms with Gasteiger partial charge in [0.1, 0.15) is 11.5 Å². The Morgan fingerprint density at radius 1 is 0.696 bits per heavy atom. The minimum Gasteiger partial charge on any atom is -0.545 e. The Hall–Kier alpha value is -2.40. The van der Waals surface area contributed by atoms with Gasteiger partial charge < -0.3 is 29.3 Å². The summed E-state index contributed by atoms with van der Waals surface area (Å²) in [6.45, 7) is 0. The molecular formula is C16H14O6Zn. The summed E-state index contributed by atoms with van der Waals surface area (Å²) < 4.78 is 9.67. The Balaban J connectivity index is 0.000000403. The standard InChI is InChI=1S/2C8H8O3.Zn/c2*1-11-7-4-2-6(3-5-7)8(9)10;/h2*2-5H,1H3,(H,9,10);/q;;+2/p-2. The van der Waals surface area contributed by atoms with Crippen LogP contribution in [-0.4, -0.2) is 26.2 Å². The van der Waals surface area contributed by atoms with Gasteiger partial charge in [-0.15, -0.1) is 0 Å². The van der Waals surface area contributed by atoms with Crippen molar-refractivity contribution in [1.29, 1.82) is 0 Å². The summed E-state index contributed by atoms with van der Waals surface area (Å²) in [5.41, 5.74) is 0.316. The first kappa shape index (κ1) is 20.6. The molecule has 23 heavy (non-hydrogen) atoms. The maximum absolute atomic E-state index is 10.2. The molecule has 2 aromatic rings. The Morgan fingerprint density at radius 2 is 0.957 bits per heavy atom. The third-order valence-corrected chi connectivity index (χ3v) is 2.65. The van der Waals surface area contributed by atoms with Gasteiger partial charge in [0.05, 0.1) is 26.2 Å². The fraction of sp³-hybridized carbons (Fsp3) is 0.125. The maximum Gasteiger partial charge on any atom is 2.00 e. The minimum absolute atomic E-state index is 0. The zero-order valence-corrected chi connectivity index (χ0v) is 15.7. The summed E-state index contributed by atoms with van der Waals surface area (Å²) in [4.78, 5) is 20.5. The van der Waals surface area contributed by atoms with Crippen LogP contribution in [-0.2, 0) is 19.5 Å². The Bertz CT molecular complexity index is 565. The van der Waals surface area contributed by atoms with E-state index in [4.69, 9.17) is 9.47 Å². The van der Waals surface area contributed by atoms with Crippen molar-refractivity contribution in [2.45, 2.75) is 0 Å². The zero-order chi connectivity index (χ0) is 16.5. The largest absolute Gasteiger partial charge is 2.00 e. The molecule has 116 valence electrons. The smallest absolute Gasteiger partial charge is 0.545 e. The molecule has 0 aromatic heterocycles. The third kappa shape index (κ3) is 6.93. The van der Waals surface area contributed by atoms with Gasteiger partial charge in [-0.25, -0.2) is 0 Å². The summed E-state index contributed by atoms with van der Waals surface area (Å²) >= 11 is 0. The van der Waals surface area contributed by atoms with E-state index in [0.717, 1.165) is 0 Å². The van der Waals surface area contributed by atoms with Crippen LogP contribution in [0.15, 0.2) is 48.5 Å². The number of carbonyl (C=O) groups is 2. The number of ether oxygens (including phenoxy) is 2. The molecule has 0 bridgehead atoms. The molecule has 0 fully saturated rings. The average molecular weight is 368 g/mol. The van der Waals surface area contributed by atoms with E-state index in [0.29, 0.717) is 11.5 Å². The van der Waals surface area contributed by atoms with Crippen molar-refractivity contribution >= 4 is 11.9 Å². The summed E-state index contributed by atoms with van der Waals surface area (Å²) in [6.07, 6.45) is 0. The molecule has 0 spiro atoms. The van der Waals surface area contributed by atoms with Crippen molar-refractivity contribution in [3.8, 4) is 11.5 Å². The first-order valence-corrected chi connectivity index (χ1v) is 6.18. The molecule has 2 aromatic carbocycles. The number of aromatic carboxylic acids is 2. The quantitative estimate of drug-likeness (QED) is 0.712. The van der Waals surface area contributed by atoms with Crippen LogP contribution in [0.2, 0.25) is 0 Å². The number of hydrogen-bond acceptors (Lipinski definition) is 6. The van der Waals surface area contributed by atoms with Crippen LogP contribution in [0.25, 0.3) is 0 Å². The topological polar surface area (TPSA) is 98.7 Å². The van der Waals surface area contributed by atoms with Crippen LogP contribution >= 0.6 is 0 Å². The number of rotatable bonds is 4. The van der Waals surface area contributed by atoms with E-state index < -0.39 is 11.9 Å². The van der Waals surface area contributed by atoms with Crippen molar-refractivity contribution in [3.63, 3.8) is 0 Å². The first-order valence-electron chi connectivity index (χ1n) is 6.18. The molecule has 0 aliphatic carbocycles. The number of benzene rings is 2. The Labute approximate surface area is 146 Å². The normalized spacial score (nSPS) is 8.78. The summed E-state index contributed by atoms with van der Waals surface area (Å²) in [5.74, 6) is -1.08. The molecule has 0 amide bonds. The molecule has 2 rings (SSSR count). The van der Waals surface area contributed by atoms with Crippen molar-refractivity contribution < 1.29 is 48.8 Å². The van der Waals surface area contributed by atoms with Crippen LogP contribution in [0.4, 0.5) is 0 Å². The number of carbonyl (C=O) groups excluding carboxylic acids is 2. The monoisotopic (exact) mass is 366 g/mol. The summed E-state index contributed by atoms with van der Waals surface area (Å²) in [7, 11) is 3.04. The number of carboxylic acid groups (broad SMARTS) is 2. The van der Waals surface area contributed by atoms with E-state index in [9.17, 15) is 19.8 Å². The van der Waals surface area contributed by atoms with Gasteiger partial charge in [0.15, 0.2) is 0 Å². The molecule has 0 unspecified atom stereocenters. The second-order valence-electron chi connectivity index (χ2n) is 4.03. The summed E-state index contributed by atoms with van der Waals surface area (Å²) in [5, 5.41) is 20.5. The van der Waals surface area contributed by atoms with E-state index in [1.807, 2.05) is 0 Å². The Kier molecular flexibility index (Phi) is 9.27. The van der Waals surface area contributed by atoms with Gasteiger partial charge in [-0.3, -0.25) is 0 Å². The third-order valence-electron chi connectivity index (χ3n) is 2.65. The van der Waals surface area contributed by atoms with Gasteiger partial charge in [-0.1, -0.05) is 0 Å². The second-order valence-corrected chi connectivity index (χ2v) is 4.03. The predicted molar refractivity (Wildman–Crippen MR) is 74.6 cm³/mol. The van der Waals surface area contributed by atoms with Gasteiger partial charge in [-0.2, -0.15) is 0 Å². The van der Waals surface area contributed by atoms with Gasteiger partial charge in [0.2, 0.25) is 0 Å². The second kappa shape index (κ2) is 10.3. The first-order chi connectivity index (χ1) is 10.5. The molecule has 0 saturated carbocycles. The molecule has 6 nitrogen and oxygen atoms in total. The van der Waals surface area contributed by atoms with Crippen LogP contribution in [0.3, 0.4) is 0 Å². The fourth-order valence-corrected chi connectivity index (χ4v) is 1.45. The maximum atomic E-state index is 10.2. The van der Waals surface area contributed by atoms with Crippen molar-refractivity contribution in [3.05, 3.63) is 59.7 Å². The molecular weight excluding hydrogens is 354 g/mol. The molecule has 7 heteroatoms. The van der Waals surface area contributed by atoms with Gasteiger partial charge in [-0.05, 0) is 59.7 Å². The zero-order valence-electron chi connectivity index (χ0n) is 12.8. The van der Waals surface area contributed by atoms with Crippen LogP contribution in [0, 0.1) is 0 Å². The molecule has 0 aliphatic rings. The van der Waals surface area contributed by atoms with Crippen LogP contribution in [0.1, 0.15) is 20.7 Å². The van der Waals surface area contributed by atoms with Gasteiger partial charge >= 0.3 is 19.5 Å². The Morgan fingerprint density at radius 3 is 1.13 bits per heavy atom. The van der Waals surface area contributed by atoms with Crippen molar-refractivity contribution in [2.24, 2.45) is 0 Å². The summed E-state index contributed by atoms with van der Waals surface area (Å²) in [6, 6.07) is 12.1. The van der Waals surface area contributed by atoms with E-state index in [1.165, 1.54) is 38.5 Å². The molecule has 0 atom stereocenters. The molecule has 0 saturated heterocycles. The minimum atomic E-state index is -1.17. The molecule has 0 radical (unpaired) electrons. The van der Waals surface area contributed by atoms with E-state index in [2.05, 4.69) is 0 Å². The number of methoxy groups -OCH3 is 2.